The average molecular weight is 172 g/mol. The lowest BCUT2D eigenvalue weighted by Gasteiger charge is -2.02. The van der Waals surface area contributed by atoms with Crippen molar-refractivity contribution in [2.75, 3.05) is 26.3 Å². The molecule has 0 spiro atoms. The van der Waals surface area contributed by atoms with E-state index in [1.54, 1.807) is 13.0 Å². The molecule has 0 bridgehead atoms. The Morgan fingerprint density at radius 1 is 1.58 bits per heavy atom. The zero-order chi connectivity index (χ0) is 9.23. The maximum absolute atomic E-state index is 10.8. The predicted octanol–water partition coefficient (Wildman–Crippen LogP) is -0.346. The lowest BCUT2D eigenvalue weighted by Crippen LogP contribution is -2.26. The number of allylic oxidation sites excluding steroid dienone is 1. The first-order chi connectivity index (χ1) is 5.81. The number of rotatable bonds is 6. The number of amides is 1. The predicted molar refractivity (Wildman–Crippen MR) is 47.7 cm³/mol. The van der Waals surface area contributed by atoms with Gasteiger partial charge in [-0.3, -0.25) is 4.79 Å². The van der Waals surface area contributed by atoms with Crippen molar-refractivity contribution in [2.45, 2.75) is 6.92 Å². The molecular formula is C8H16N2O2. The highest BCUT2D eigenvalue weighted by molar-refractivity contribution is 5.87. The van der Waals surface area contributed by atoms with Crippen LogP contribution in [-0.2, 0) is 9.53 Å². The van der Waals surface area contributed by atoms with E-state index in [0.717, 1.165) is 0 Å². The molecular weight excluding hydrogens is 156 g/mol. The van der Waals surface area contributed by atoms with Crippen molar-refractivity contribution in [3.8, 4) is 0 Å². The fraction of sp³-hybridized carbons (Fsp3) is 0.625. The maximum atomic E-state index is 10.8. The fourth-order valence-electron chi connectivity index (χ4n) is 0.642. The van der Waals surface area contributed by atoms with Gasteiger partial charge in [-0.1, -0.05) is 6.08 Å². The molecule has 0 unspecified atom stereocenters. The van der Waals surface area contributed by atoms with Crippen LogP contribution in [0.4, 0.5) is 0 Å². The highest BCUT2D eigenvalue weighted by Gasteiger charge is 1.91. The molecule has 0 heterocycles. The minimum atomic E-state index is -0.0890. The molecule has 0 saturated heterocycles. The van der Waals surface area contributed by atoms with Gasteiger partial charge in [0.25, 0.3) is 0 Å². The van der Waals surface area contributed by atoms with Crippen LogP contribution in [0.25, 0.3) is 0 Å². The van der Waals surface area contributed by atoms with Gasteiger partial charge in [-0.2, -0.15) is 0 Å². The van der Waals surface area contributed by atoms with Crippen molar-refractivity contribution in [2.24, 2.45) is 5.73 Å². The summed E-state index contributed by atoms with van der Waals surface area (Å²) in [5.41, 5.74) is 5.19. The highest BCUT2D eigenvalue weighted by atomic mass is 16.5. The minimum Gasteiger partial charge on any atom is -0.378 e. The number of ether oxygens (including phenoxy) is 1. The molecule has 0 aliphatic heterocycles. The molecule has 0 rings (SSSR count). The van der Waals surface area contributed by atoms with Crippen molar-refractivity contribution in [3.63, 3.8) is 0 Å². The summed E-state index contributed by atoms with van der Waals surface area (Å²) in [5, 5.41) is 2.65. The summed E-state index contributed by atoms with van der Waals surface area (Å²) < 4.78 is 5.05. The molecule has 0 atom stereocenters. The summed E-state index contributed by atoms with van der Waals surface area (Å²) >= 11 is 0. The summed E-state index contributed by atoms with van der Waals surface area (Å²) in [6.45, 7) is 3.90. The fourth-order valence-corrected chi connectivity index (χ4v) is 0.642. The van der Waals surface area contributed by atoms with E-state index in [1.165, 1.54) is 6.08 Å². The number of nitrogens with one attached hydrogen (secondary N) is 1. The van der Waals surface area contributed by atoms with Gasteiger partial charge in [-0.05, 0) is 13.0 Å². The molecule has 4 nitrogen and oxygen atoms in total. The van der Waals surface area contributed by atoms with Gasteiger partial charge < -0.3 is 15.8 Å². The average Bonchev–Trinajstić information content (AvgIpc) is 2.05. The zero-order valence-corrected chi connectivity index (χ0v) is 7.38. The van der Waals surface area contributed by atoms with Crippen LogP contribution in [0.1, 0.15) is 6.92 Å². The van der Waals surface area contributed by atoms with Crippen LogP contribution < -0.4 is 11.1 Å². The van der Waals surface area contributed by atoms with E-state index >= 15 is 0 Å². The molecule has 0 aliphatic rings. The van der Waals surface area contributed by atoms with Crippen LogP contribution in [-0.4, -0.2) is 32.2 Å². The van der Waals surface area contributed by atoms with Crippen LogP contribution >= 0.6 is 0 Å². The van der Waals surface area contributed by atoms with Crippen molar-refractivity contribution < 1.29 is 9.53 Å². The van der Waals surface area contributed by atoms with E-state index in [9.17, 15) is 4.79 Å². The van der Waals surface area contributed by atoms with Gasteiger partial charge in [0.15, 0.2) is 0 Å². The van der Waals surface area contributed by atoms with Gasteiger partial charge in [-0.15, -0.1) is 0 Å². The molecule has 0 aliphatic carbocycles. The third-order valence-electron chi connectivity index (χ3n) is 1.13. The van der Waals surface area contributed by atoms with E-state index in [4.69, 9.17) is 10.5 Å². The van der Waals surface area contributed by atoms with Gasteiger partial charge in [0.05, 0.1) is 13.2 Å². The summed E-state index contributed by atoms with van der Waals surface area (Å²) in [5.74, 6) is -0.0890. The summed E-state index contributed by atoms with van der Waals surface area (Å²) in [6.07, 6.45) is 3.17. The smallest absolute Gasteiger partial charge is 0.243 e. The van der Waals surface area contributed by atoms with E-state index in [2.05, 4.69) is 5.32 Å². The molecule has 0 saturated carbocycles. The minimum absolute atomic E-state index is 0.0890. The van der Waals surface area contributed by atoms with E-state index in [0.29, 0.717) is 26.3 Å². The topological polar surface area (TPSA) is 64.3 Å². The summed E-state index contributed by atoms with van der Waals surface area (Å²) in [6, 6.07) is 0. The number of hydrogen-bond donors (Lipinski definition) is 2. The molecule has 4 heteroatoms. The Labute approximate surface area is 72.8 Å². The van der Waals surface area contributed by atoms with Gasteiger partial charge >= 0.3 is 0 Å². The van der Waals surface area contributed by atoms with E-state index in [-0.39, 0.29) is 5.91 Å². The lowest BCUT2D eigenvalue weighted by molar-refractivity contribution is -0.116. The highest BCUT2D eigenvalue weighted by Crippen LogP contribution is 1.73. The first kappa shape index (κ1) is 11.1. The van der Waals surface area contributed by atoms with Crippen LogP contribution in [0.3, 0.4) is 0 Å². The van der Waals surface area contributed by atoms with Gasteiger partial charge in [-0.25, -0.2) is 0 Å². The Bertz CT molecular complexity index is 146. The second kappa shape index (κ2) is 8.23. The Morgan fingerprint density at radius 3 is 2.92 bits per heavy atom. The van der Waals surface area contributed by atoms with Crippen LogP contribution in [0.2, 0.25) is 0 Å². The SMILES string of the molecule is CC=CC(=O)NCCOCCN. The second-order valence-electron chi connectivity index (χ2n) is 2.19. The number of carbonyl (C=O) groups excluding carboxylic acids is 1. The first-order valence-electron chi connectivity index (χ1n) is 3.99. The van der Waals surface area contributed by atoms with Crippen LogP contribution in [0, 0.1) is 0 Å². The summed E-state index contributed by atoms with van der Waals surface area (Å²) in [4.78, 5) is 10.8. The van der Waals surface area contributed by atoms with Gasteiger partial charge in [0, 0.05) is 13.1 Å². The number of nitrogens with two attached hydrogens (primary N) is 1. The summed E-state index contributed by atoms with van der Waals surface area (Å²) in [7, 11) is 0. The van der Waals surface area contributed by atoms with Crippen LogP contribution in [0.5, 0.6) is 0 Å². The second-order valence-corrected chi connectivity index (χ2v) is 2.19. The molecule has 3 N–H and O–H groups in total. The third-order valence-corrected chi connectivity index (χ3v) is 1.13. The van der Waals surface area contributed by atoms with Crippen molar-refractivity contribution >= 4 is 5.91 Å². The van der Waals surface area contributed by atoms with Crippen LogP contribution in [0.15, 0.2) is 12.2 Å². The lowest BCUT2D eigenvalue weighted by atomic mass is 10.5. The van der Waals surface area contributed by atoms with E-state index in [1.807, 2.05) is 0 Å². The molecule has 0 radical (unpaired) electrons. The number of carbonyl (C=O) groups is 1. The number of hydrogen-bond acceptors (Lipinski definition) is 3. The third kappa shape index (κ3) is 7.24. The molecule has 0 aromatic carbocycles. The van der Waals surface area contributed by atoms with Gasteiger partial charge in [0.2, 0.25) is 5.91 Å². The molecule has 0 fully saturated rings. The quantitative estimate of drug-likeness (QED) is 0.425. The molecule has 0 aromatic heterocycles. The van der Waals surface area contributed by atoms with Crippen molar-refractivity contribution in [3.05, 3.63) is 12.2 Å². The molecule has 12 heavy (non-hydrogen) atoms. The largest absolute Gasteiger partial charge is 0.378 e. The van der Waals surface area contributed by atoms with Crippen molar-refractivity contribution in [1.29, 1.82) is 0 Å². The van der Waals surface area contributed by atoms with Gasteiger partial charge in [0.1, 0.15) is 0 Å². The molecule has 0 aromatic rings. The Hall–Kier alpha value is -0.870. The Kier molecular flexibility index (Phi) is 7.63. The maximum Gasteiger partial charge on any atom is 0.243 e. The normalized spacial score (nSPS) is 10.5. The Morgan fingerprint density at radius 2 is 2.33 bits per heavy atom. The molecule has 1 amide bonds. The van der Waals surface area contributed by atoms with E-state index < -0.39 is 0 Å². The van der Waals surface area contributed by atoms with Crippen molar-refractivity contribution in [1.82, 2.24) is 5.32 Å². The zero-order valence-electron chi connectivity index (χ0n) is 7.38. The standard InChI is InChI=1S/C8H16N2O2/c1-2-3-8(11)10-5-7-12-6-4-9/h2-3H,4-7,9H2,1H3,(H,10,11). The monoisotopic (exact) mass is 172 g/mol. The molecule has 70 valence electrons. The Balaban J connectivity index is 3.14. The first-order valence-corrected chi connectivity index (χ1v) is 3.99.